The summed E-state index contributed by atoms with van der Waals surface area (Å²) < 4.78 is 52.8. The first-order chi connectivity index (χ1) is 21.9. The molecule has 14 heteroatoms. The van der Waals surface area contributed by atoms with E-state index in [1.807, 2.05) is 19.1 Å². The molecule has 9 nitrogen and oxygen atoms in total. The highest BCUT2D eigenvalue weighted by atomic mass is 32.2. The summed E-state index contributed by atoms with van der Waals surface area (Å²) in [5.74, 6) is -3.06. The van der Waals surface area contributed by atoms with Crippen LogP contribution in [-0.2, 0) is 27.1 Å². The number of nitrogens with one attached hydrogen (secondary N) is 1. The first-order valence-electron chi connectivity index (χ1n) is 13.9. The summed E-state index contributed by atoms with van der Waals surface area (Å²) in [4.78, 5) is 55.3. The lowest BCUT2D eigenvalue weighted by molar-refractivity contribution is -0.137. The predicted octanol–water partition coefficient (Wildman–Crippen LogP) is 5.69. The Labute approximate surface area is 268 Å². The number of aryl methyl sites for hydroxylation is 1. The summed E-state index contributed by atoms with van der Waals surface area (Å²) in [7, 11) is 2.90. The number of carbonyl (C=O) groups is 3. The summed E-state index contributed by atoms with van der Waals surface area (Å²) >= 11 is 1.82. The summed E-state index contributed by atoms with van der Waals surface area (Å²) in [6.07, 6.45) is -4.69. The number of amides is 3. The van der Waals surface area contributed by atoms with Gasteiger partial charge in [0, 0.05) is 16.5 Å². The third-order valence-electron chi connectivity index (χ3n) is 7.88. The van der Waals surface area contributed by atoms with Gasteiger partial charge in [0.1, 0.15) is 11.8 Å². The van der Waals surface area contributed by atoms with Gasteiger partial charge in [0.25, 0.3) is 0 Å². The predicted molar refractivity (Wildman–Crippen MR) is 167 cm³/mol. The number of methoxy groups -OCH3 is 2. The van der Waals surface area contributed by atoms with E-state index in [4.69, 9.17) is 9.47 Å². The van der Waals surface area contributed by atoms with Crippen molar-refractivity contribution >= 4 is 52.2 Å². The third kappa shape index (κ3) is 5.55. The molecule has 2 unspecified atom stereocenters. The molecule has 3 atom stereocenters. The molecule has 3 amide bonds. The fourth-order valence-electron chi connectivity index (χ4n) is 5.72. The first-order valence-corrected chi connectivity index (χ1v) is 15.6. The van der Waals surface area contributed by atoms with E-state index in [-0.39, 0.29) is 12.2 Å². The highest BCUT2D eigenvalue weighted by Crippen LogP contribution is 2.54. The van der Waals surface area contributed by atoms with Crippen LogP contribution >= 0.6 is 23.1 Å². The number of carbonyl (C=O) groups excluding carboxylic acids is 3. The van der Waals surface area contributed by atoms with Crippen molar-refractivity contribution in [3.05, 3.63) is 98.0 Å². The van der Waals surface area contributed by atoms with Gasteiger partial charge in [-0.2, -0.15) is 13.2 Å². The number of anilines is 2. The van der Waals surface area contributed by atoms with Gasteiger partial charge in [0.05, 0.1) is 36.4 Å². The Hall–Kier alpha value is -4.56. The van der Waals surface area contributed by atoms with Gasteiger partial charge in [-0.3, -0.25) is 23.7 Å². The topological polar surface area (TPSA) is 107 Å². The molecule has 3 aromatic carbocycles. The molecule has 0 saturated carbocycles. The number of halogens is 3. The van der Waals surface area contributed by atoms with E-state index in [0.717, 1.165) is 51.8 Å². The molecule has 238 valence electrons. The van der Waals surface area contributed by atoms with E-state index in [0.29, 0.717) is 32.7 Å². The van der Waals surface area contributed by atoms with Crippen LogP contribution in [0.4, 0.5) is 24.5 Å². The Kier molecular flexibility index (Phi) is 8.19. The maximum absolute atomic E-state index is 14.1. The molecule has 3 heterocycles. The lowest BCUT2D eigenvalue weighted by atomic mass is 9.83. The van der Waals surface area contributed by atoms with Crippen molar-refractivity contribution in [1.82, 2.24) is 4.57 Å². The van der Waals surface area contributed by atoms with E-state index < -0.39 is 51.4 Å². The van der Waals surface area contributed by atoms with Gasteiger partial charge in [-0.1, -0.05) is 52.9 Å². The number of imide groups is 1. The van der Waals surface area contributed by atoms with Crippen molar-refractivity contribution in [3.8, 4) is 11.5 Å². The molecule has 1 N–H and O–H groups in total. The van der Waals surface area contributed by atoms with E-state index in [1.165, 1.54) is 24.9 Å². The maximum atomic E-state index is 14.1. The van der Waals surface area contributed by atoms with E-state index >= 15 is 0 Å². The second kappa shape index (κ2) is 12.0. The lowest BCUT2D eigenvalue weighted by Gasteiger charge is -2.31. The molecule has 4 aromatic rings. The normalized spacial score (nSPS) is 19.1. The van der Waals surface area contributed by atoms with Gasteiger partial charge >= 0.3 is 11.0 Å². The second-order valence-electron chi connectivity index (χ2n) is 10.8. The lowest BCUT2D eigenvalue weighted by Crippen LogP contribution is -2.33. The minimum absolute atomic E-state index is 0.205. The average molecular weight is 670 g/mol. The van der Waals surface area contributed by atoms with E-state index in [9.17, 15) is 32.3 Å². The van der Waals surface area contributed by atoms with Crippen LogP contribution in [0.25, 0.3) is 0 Å². The summed E-state index contributed by atoms with van der Waals surface area (Å²) in [6, 6.07) is 16.1. The van der Waals surface area contributed by atoms with Crippen LogP contribution in [0, 0.1) is 12.8 Å². The highest BCUT2D eigenvalue weighted by molar-refractivity contribution is 8.00. The van der Waals surface area contributed by atoms with Gasteiger partial charge < -0.3 is 14.8 Å². The number of ether oxygens (including phenoxy) is 2. The number of aromatic nitrogens is 1. The summed E-state index contributed by atoms with van der Waals surface area (Å²) in [5, 5.41) is 2.01. The molecule has 0 spiro atoms. The van der Waals surface area contributed by atoms with Crippen LogP contribution in [-0.4, -0.2) is 41.8 Å². The molecule has 0 radical (unpaired) electrons. The minimum Gasteiger partial charge on any atom is -0.493 e. The van der Waals surface area contributed by atoms with Crippen molar-refractivity contribution in [2.75, 3.05) is 24.4 Å². The number of rotatable bonds is 7. The zero-order valence-corrected chi connectivity index (χ0v) is 26.2. The third-order valence-corrected chi connectivity index (χ3v) is 10.5. The quantitative estimate of drug-likeness (QED) is 0.252. The number of hydrogen-bond donors (Lipinski definition) is 1. The first kappa shape index (κ1) is 31.4. The monoisotopic (exact) mass is 669 g/mol. The number of alkyl halides is 3. The molecular weight excluding hydrogens is 643 g/mol. The van der Waals surface area contributed by atoms with Gasteiger partial charge in [0.2, 0.25) is 17.7 Å². The number of fused-ring (bicyclic) bond motifs is 2. The molecule has 0 aliphatic carbocycles. The molecule has 1 saturated heterocycles. The van der Waals surface area contributed by atoms with Crippen LogP contribution in [0.3, 0.4) is 0 Å². The number of benzene rings is 3. The molecule has 6 rings (SSSR count). The minimum atomic E-state index is -4.69. The van der Waals surface area contributed by atoms with Crippen LogP contribution in [0.15, 0.2) is 76.6 Å². The fraction of sp³-hybridized carbons (Fsp3) is 0.250. The fourth-order valence-corrected chi connectivity index (χ4v) is 8.49. The second-order valence-corrected chi connectivity index (χ2v) is 12.9. The van der Waals surface area contributed by atoms with Gasteiger partial charge in [0.15, 0.2) is 11.5 Å². The van der Waals surface area contributed by atoms with Crippen LogP contribution in [0.2, 0.25) is 0 Å². The van der Waals surface area contributed by atoms with Crippen LogP contribution in [0.5, 0.6) is 11.5 Å². The van der Waals surface area contributed by atoms with Gasteiger partial charge in [-0.05, 0) is 55.0 Å². The molecule has 46 heavy (non-hydrogen) atoms. The molecule has 1 fully saturated rings. The largest absolute Gasteiger partial charge is 0.493 e. The van der Waals surface area contributed by atoms with Crippen molar-refractivity contribution < 1.29 is 37.0 Å². The Bertz CT molecular complexity index is 1920. The van der Waals surface area contributed by atoms with Gasteiger partial charge in [-0.15, -0.1) is 0 Å². The molecule has 2 aliphatic heterocycles. The Balaban J connectivity index is 1.44. The SMILES string of the molecule is COc1ccc([C@H]2c3sc(=O)n(CC(=O)Nc4ccc(C)cc4)c3SC3C(=O)N(c4cccc(C(F)(F)F)c4)C(=O)C32)cc1OC. The number of hydrogen-bond acceptors (Lipinski definition) is 8. The van der Waals surface area contributed by atoms with Crippen molar-refractivity contribution in [2.45, 2.75) is 35.8 Å². The van der Waals surface area contributed by atoms with E-state index in [1.54, 1.807) is 30.3 Å². The number of thiazole rings is 1. The highest BCUT2D eigenvalue weighted by Gasteiger charge is 2.57. The standard InChI is InChI=1S/C32H26F3N3O6S2/c1-16-7-10-19(11-8-16)36-23(39)15-37-30-27(46-31(37)42)24(17-9-12-21(43-2)22(13-17)44-3)25-26(45-30)29(41)38(28(25)40)20-6-4-5-18(14-20)32(33,34)35/h4-14,24-26H,15H2,1-3H3,(H,36,39)/t24-,25?,26?/m1/s1. The molecular formula is C32H26F3N3O6S2. The Morgan fingerprint density at radius 3 is 2.33 bits per heavy atom. The van der Waals surface area contributed by atoms with Crippen molar-refractivity contribution in [3.63, 3.8) is 0 Å². The zero-order valence-electron chi connectivity index (χ0n) is 24.6. The Morgan fingerprint density at radius 1 is 0.935 bits per heavy atom. The Morgan fingerprint density at radius 2 is 1.65 bits per heavy atom. The smallest absolute Gasteiger partial charge is 0.416 e. The molecule has 2 aliphatic rings. The molecule has 1 aromatic heterocycles. The van der Waals surface area contributed by atoms with Crippen LogP contribution < -0.4 is 24.6 Å². The van der Waals surface area contributed by atoms with E-state index in [2.05, 4.69) is 5.32 Å². The van der Waals surface area contributed by atoms with Crippen LogP contribution in [0.1, 0.15) is 27.5 Å². The number of nitrogens with zero attached hydrogens (tertiary/aromatic N) is 2. The number of thioether (sulfide) groups is 1. The van der Waals surface area contributed by atoms with Gasteiger partial charge in [-0.25, -0.2) is 4.90 Å². The maximum Gasteiger partial charge on any atom is 0.416 e. The van der Waals surface area contributed by atoms with Crippen molar-refractivity contribution in [1.29, 1.82) is 0 Å². The summed E-state index contributed by atoms with van der Waals surface area (Å²) in [6.45, 7) is 1.55. The summed E-state index contributed by atoms with van der Waals surface area (Å²) in [5.41, 5.74) is 0.861. The van der Waals surface area contributed by atoms with Crippen molar-refractivity contribution in [2.24, 2.45) is 5.92 Å². The zero-order chi connectivity index (χ0) is 32.9. The average Bonchev–Trinajstić information content (AvgIpc) is 3.47. The molecule has 0 bridgehead atoms.